The summed E-state index contributed by atoms with van der Waals surface area (Å²) in [5, 5.41) is 2.19. The van der Waals surface area contributed by atoms with Gasteiger partial charge in [-0.1, -0.05) is 0 Å². The van der Waals surface area contributed by atoms with Gasteiger partial charge in [-0.15, -0.1) is 0 Å². The molecule has 0 spiro atoms. The van der Waals surface area contributed by atoms with E-state index in [1.165, 1.54) is 13.0 Å². The van der Waals surface area contributed by atoms with E-state index in [4.69, 9.17) is 23.2 Å². The van der Waals surface area contributed by atoms with Crippen molar-refractivity contribution in [3.63, 3.8) is 0 Å². The summed E-state index contributed by atoms with van der Waals surface area (Å²) in [6.07, 6.45) is 0.486. The number of carbonyl (C=O) groups is 2. The number of nitrogens with one attached hydrogen (secondary N) is 1. The molecule has 2 aromatic rings. The fourth-order valence-corrected chi connectivity index (χ4v) is 2.20. The van der Waals surface area contributed by atoms with Gasteiger partial charge in [0.05, 0.1) is 0 Å². The Balaban J connectivity index is 2.23. The van der Waals surface area contributed by atoms with E-state index in [2.05, 4.69) is 15.4 Å². The van der Waals surface area contributed by atoms with Gasteiger partial charge in [0.1, 0.15) is 5.69 Å². The third kappa shape index (κ3) is 4.35. The number of rotatable bonds is 6. The molecule has 0 aliphatic carbocycles. The van der Waals surface area contributed by atoms with Gasteiger partial charge in [-0.3, -0.25) is 9.59 Å². The SMILES string of the molecule is Cc1cc(C(F)(F)Cl)n2nc(C(=O)NCCCC(=O)Cl)cc2n1. The largest absolute Gasteiger partial charge is 0.364 e. The molecule has 0 bridgehead atoms. The Morgan fingerprint density at radius 2 is 2.09 bits per heavy atom. The molecule has 10 heteroatoms. The Labute approximate surface area is 139 Å². The summed E-state index contributed by atoms with van der Waals surface area (Å²) in [5.74, 6) is -0.570. The Hall–Kier alpha value is -1.80. The molecule has 0 aromatic carbocycles. The molecule has 23 heavy (non-hydrogen) atoms. The lowest BCUT2D eigenvalue weighted by atomic mass is 10.3. The quantitative estimate of drug-likeness (QED) is 0.485. The van der Waals surface area contributed by atoms with Crippen molar-refractivity contribution >= 4 is 40.0 Å². The maximum atomic E-state index is 13.4. The lowest BCUT2D eigenvalue weighted by Gasteiger charge is -2.10. The molecule has 2 heterocycles. The lowest BCUT2D eigenvalue weighted by Crippen LogP contribution is -2.25. The van der Waals surface area contributed by atoms with Crippen LogP contribution < -0.4 is 5.32 Å². The minimum absolute atomic E-state index is 0.0810. The first-order chi connectivity index (χ1) is 10.7. The predicted molar refractivity (Wildman–Crippen MR) is 79.9 cm³/mol. The molecule has 1 amide bonds. The predicted octanol–water partition coefficient (Wildman–Crippen LogP) is 2.60. The maximum Gasteiger partial charge on any atom is 0.364 e. The van der Waals surface area contributed by atoms with Gasteiger partial charge in [0, 0.05) is 24.7 Å². The van der Waals surface area contributed by atoms with Crippen molar-refractivity contribution in [3.8, 4) is 0 Å². The molecule has 0 unspecified atom stereocenters. The Morgan fingerprint density at radius 3 is 2.70 bits per heavy atom. The van der Waals surface area contributed by atoms with Gasteiger partial charge in [0.15, 0.2) is 11.3 Å². The van der Waals surface area contributed by atoms with Crippen LogP contribution in [0.1, 0.15) is 34.7 Å². The topological polar surface area (TPSA) is 76.4 Å². The average molecular weight is 365 g/mol. The van der Waals surface area contributed by atoms with Crippen LogP contribution in [0, 0.1) is 6.92 Å². The highest BCUT2D eigenvalue weighted by Crippen LogP contribution is 2.32. The lowest BCUT2D eigenvalue weighted by molar-refractivity contribution is -0.111. The van der Waals surface area contributed by atoms with E-state index in [1.807, 2.05) is 0 Å². The molecule has 1 N–H and O–H groups in total. The number of fused-ring (bicyclic) bond motifs is 1. The van der Waals surface area contributed by atoms with E-state index in [0.29, 0.717) is 12.1 Å². The minimum atomic E-state index is -3.65. The number of carbonyl (C=O) groups excluding carboxylic acids is 2. The molecule has 0 atom stereocenters. The van der Waals surface area contributed by atoms with Gasteiger partial charge < -0.3 is 5.32 Å². The number of aryl methyl sites for hydroxylation is 1. The third-order valence-electron chi connectivity index (χ3n) is 2.91. The highest BCUT2D eigenvalue weighted by molar-refractivity contribution is 6.63. The third-order valence-corrected chi connectivity index (χ3v) is 3.30. The number of hydrogen-bond donors (Lipinski definition) is 1. The average Bonchev–Trinajstić information content (AvgIpc) is 2.84. The fourth-order valence-electron chi connectivity index (χ4n) is 1.93. The van der Waals surface area contributed by atoms with Gasteiger partial charge in [0.2, 0.25) is 5.24 Å². The summed E-state index contributed by atoms with van der Waals surface area (Å²) in [6.45, 7) is 1.73. The second-order valence-electron chi connectivity index (χ2n) is 4.79. The first-order valence-electron chi connectivity index (χ1n) is 6.59. The summed E-state index contributed by atoms with van der Waals surface area (Å²) in [5.41, 5.74) is -0.252. The van der Waals surface area contributed by atoms with Gasteiger partial charge >= 0.3 is 5.38 Å². The molecule has 0 fully saturated rings. The smallest absolute Gasteiger partial charge is 0.351 e. The van der Waals surface area contributed by atoms with Crippen LogP contribution in [-0.4, -0.2) is 32.3 Å². The Kier molecular flexibility index (Phi) is 5.16. The monoisotopic (exact) mass is 364 g/mol. The van der Waals surface area contributed by atoms with E-state index < -0.39 is 22.2 Å². The highest BCUT2D eigenvalue weighted by atomic mass is 35.5. The van der Waals surface area contributed by atoms with Crippen molar-refractivity contribution in [2.24, 2.45) is 0 Å². The molecular weight excluding hydrogens is 353 g/mol. The second kappa shape index (κ2) is 6.76. The van der Waals surface area contributed by atoms with Crippen LogP contribution in [0.15, 0.2) is 12.1 Å². The van der Waals surface area contributed by atoms with Crippen LogP contribution in [0.5, 0.6) is 0 Å². The number of alkyl halides is 3. The van der Waals surface area contributed by atoms with Crippen LogP contribution in [0.3, 0.4) is 0 Å². The summed E-state index contributed by atoms with van der Waals surface area (Å²) in [6, 6.07) is 2.38. The van der Waals surface area contributed by atoms with Gasteiger partial charge in [-0.25, -0.2) is 9.50 Å². The van der Waals surface area contributed by atoms with Gasteiger partial charge in [0.25, 0.3) is 5.91 Å². The number of aromatic nitrogens is 3. The van der Waals surface area contributed by atoms with Crippen molar-refractivity contribution in [2.45, 2.75) is 25.1 Å². The Bertz CT molecular complexity index is 758. The van der Waals surface area contributed by atoms with E-state index in [9.17, 15) is 18.4 Å². The molecule has 2 aromatic heterocycles. The molecule has 2 rings (SSSR count). The zero-order valence-electron chi connectivity index (χ0n) is 11.9. The van der Waals surface area contributed by atoms with Crippen LogP contribution in [0.2, 0.25) is 0 Å². The van der Waals surface area contributed by atoms with E-state index in [-0.39, 0.29) is 24.3 Å². The van der Waals surface area contributed by atoms with Gasteiger partial charge in [-0.2, -0.15) is 13.9 Å². The molecule has 0 aliphatic heterocycles. The van der Waals surface area contributed by atoms with E-state index >= 15 is 0 Å². The zero-order chi connectivity index (χ0) is 17.2. The molecule has 0 saturated carbocycles. The van der Waals surface area contributed by atoms with Crippen molar-refractivity contribution in [2.75, 3.05) is 6.54 Å². The summed E-state index contributed by atoms with van der Waals surface area (Å²) in [4.78, 5) is 26.6. The van der Waals surface area contributed by atoms with Crippen LogP contribution in [0.25, 0.3) is 5.65 Å². The molecular formula is C13H12Cl2F2N4O2. The number of amides is 1. The van der Waals surface area contributed by atoms with Crippen molar-refractivity contribution in [1.82, 2.24) is 19.9 Å². The standard InChI is InChI=1S/C13H12Cl2F2N4O2/c1-7-5-9(13(15,16)17)21-11(19-7)6-8(20-21)12(23)18-4-2-3-10(14)22/h5-6H,2-4H2,1H3,(H,18,23). The first-order valence-corrected chi connectivity index (χ1v) is 7.35. The summed E-state index contributed by atoms with van der Waals surface area (Å²) >= 11 is 10.2. The highest BCUT2D eigenvalue weighted by Gasteiger charge is 2.32. The van der Waals surface area contributed by atoms with Crippen LogP contribution >= 0.6 is 23.2 Å². The van der Waals surface area contributed by atoms with E-state index in [1.54, 1.807) is 0 Å². The second-order valence-corrected chi connectivity index (χ2v) is 5.69. The van der Waals surface area contributed by atoms with E-state index in [0.717, 1.165) is 10.6 Å². The summed E-state index contributed by atoms with van der Waals surface area (Å²) < 4.78 is 27.7. The molecule has 6 nitrogen and oxygen atoms in total. The summed E-state index contributed by atoms with van der Waals surface area (Å²) in [7, 11) is 0. The first kappa shape index (κ1) is 17.6. The van der Waals surface area contributed by atoms with Crippen LogP contribution in [0.4, 0.5) is 8.78 Å². The molecule has 124 valence electrons. The number of halogens is 4. The zero-order valence-corrected chi connectivity index (χ0v) is 13.5. The minimum Gasteiger partial charge on any atom is -0.351 e. The fraction of sp³-hybridized carbons (Fsp3) is 0.385. The van der Waals surface area contributed by atoms with Crippen molar-refractivity contribution in [3.05, 3.63) is 29.2 Å². The van der Waals surface area contributed by atoms with Crippen molar-refractivity contribution < 1.29 is 18.4 Å². The molecule has 0 saturated heterocycles. The number of hydrogen-bond acceptors (Lipinski definition) is 4. The van der Waals surface area contributed by atoms with Crippen LogP contribution in [-0.2, 0) is 10.2 Å². The Morgan fingerprint density at radius 1 is 1.39 bits per heavy atom. The molecule has 0 aliphatic rings. The normalized spacial score (nSPS) is 11.7. The number of nitrogens with zero attached hydrogens (tertiary/aromatic N) is 3. The molecule has 0 radical (unpaired) electrons. The van der Waals surface area contributed by atoms with Crippen molar-refractivity contribution in [1.29, 1.82) is 0 Å². The van der Waals surface area contributed by atoms with Gasteiger partial charge in [-0.05, 0) is 42.6 Å². The maximum absolute atomic E-state index is 13.4.